The van der Waals surface area contributed by atoms with Gasteiger partial charge in [0.15, 0.2) is 0 Å². The molecule has 0 amide bonds. The van der Waals surface area contributed by atoms with Crippen molar-refractivity contribution in [3.05, 3.63) is 22.8 Å². The second-order valence-electron chi connectivity index (χ2n) is 3.04. The largest absolute Gasteiger partial charge is 0.255 e. The molecule has 1 heterocycles. The summed E-state index contributed by atoms with van der Waals surface area (Å²) in [7, 11) is 2.10. The van der Waals surface area contributed by atoms with Crippen LogP contribution in [-0.4, -0.2) is 17.2 Å². The van der Waals surface area contributed by atoms with Gasteiger partial charge in [0.2, 0.25) is 0 Å². The Morgan fingerprint density at radius 2 is 1.58 bits per heavy atom. The third-order valence-corrected chi connectivity index (χ3v) is 1.98. The fraction of sp³-hybridized carbons (Fsp3) is 0.556. The van der Waals surface area contributed by atoms with Gasteiger partial charge in [0.1, 0.15) is 7.28 Å². The van der Waals surface area contributed by atoms with Crippen LogP contribution in [0.3, 0.4) is 0 Å². The van der Waals surface area contributed by atoms with Crippen LogP contribution in [0.15, 0.2) is 0 Å². The molecule has 1 radical (unpaired) electrons. The van der Waals surface area contributed by atoms with Gasteiger partial charge < -0.3 is 0 Å². The first-order valence-electron chi connectivity index (χ1n) is 4.23. The van der Waals surface area contributed by atoms with E-state index in [9.17, 15) is 0 Å². The van der Waals surface area contributed by atoms with Crippen molar-refractivity contribution in [1.29, 1.82) is 0 Å². The quantitative estimate of drug-likeness (QED) is 0.616. The molecular weight excluding hydrogens is 147 g/mol. The maximum absolute atomic E-state index is 4.47. The maximum atomic E-state index is 4.47. The molecular formula is C9H14BN2. The maximum Gasteiger partial charge on any atom is 0.113 e. The molecule has 0 N–H and O–H groups in total. The molecule has 0 atom stereocenters. The van der Waals surface area contributed by atoms with Gasteiger partial charge in [-0.1, -0.05) is 6.82 Å². The van der Waals surface area contributed by atoms with E-state index < -0.39 is 0 Å². The highest BCUT2D eigenvalue weighted by atomic mass is 14.8. The Hall–Kier alpha value is -0.855. The minimum Gasteiger partial charge on any atom is -0.255 e. The van der Waals surface area contributed by atoms with Crippen molar-refractivity contribution in [3.63, 3.8) is 0 Å². The molecule has 0 aromatic carbocycles. The van der Waals surface area contributed by atoms with Gasteiger partial charge in [-0.3, -0.25) is 9.97 Å². The summed E-state index contributed by atoms with van der Waals surface area (Å²) in [4.78, 5) is 8.88. The minimum atomic E-state index is 0.917. The van der Waals surface area contributed by atoms with E-state index in [-0.39, 0.29) is 0 Å². The molecule has 1 aromatic rings. The summed E-state index contributed by atoms with van der Waals surface area (Å²) in [6, 6.07) is 0. The summed E-state index contributed by atoms with van der Waals surface area (Å²) in [5, 5.41) is 0. The van der Waals surface area contributed by atoms with Gasteiger partial charge in [0.25, 0.3) is 0 Å². The molecule has 63 valence electrons. The Balaban J connectivity index is 3.05. The predicted octanol–water partition coefficient (Wildman–Crippen LogP) is 1.65. The monoisotopic (exact) mass is 161 g/mol. The van der Waals surface area contributed by atoms with Crippen LogP contribution >= 0.6 is 0 Å². The van der Waals surface area contributed by atoms with E-state index in [1.54, 1.807) is 0 Å². The lowest BCUT2D eigenvalue weighted by atomic mass is 9.76. The Morgan fingerprint density at radius 3 is 2.17 bits per heavy atom. The second-order valence-corrected chi connectivity index (χ2v) is 3.04. The molecule has 0 bridgehead atoms. The molecule has 0 unspecified atom stereocenters. The number of hydrogen-bond donors (Lipinski definition) is 0. The Morgan fingerprint density at radius 1 is 1.00 bits per heavy atom. The van der Waals surface area contributed by atoms with Crippen molar-refractivity contribution >= 4 is 7.28 Å². The van der Waals surface area contributed by atoms with Gasteiger partial charge in [-0.25, -0.2) is 0 Å². The Labute approximate surface area is 74.7 Å². The first kappa shape index (κ1) is 9.23. The first-order valence-corrected chi connectivity index (χ1v) is 4.23. The number of nitrogens with zero attached hydrogens (tertiary/aromatic N) is 2. The molecule has 0 saturated heterocycles. The highest BCUT2D eigenvalue weighted by Crippen LogP contribution is 2.06. The zero-order chi connectivity index (χ0) is 9.14. The normalized spacial score (nSPS) is 10.0. The fourth-order valence-electron chi connectivity index (χ4n) is 1.15. The lowest BCUT2D eigenvalue weighted by Crippen LogP contribution is -2.04. The van der Waals surface area contributed by atoms with Gasteiger partial charge in [0, 0.05) is 0 Å². The summed E-state index contributed by atoms with van der Waals surface area (Å²) < 4.78 is 0. The molecule has 0 fully saturated rings. The van der Waals surface area contributed by atoms with Crippen molar-refractivity contribution in [2.24, 2.45) is 0 Å². The standard InChI is InChI=1S/C9H14BN2/c1-6-7(2)12-9(5-10-4)8(3)11-6/h5H2,1-4H3. The van der Waals surface area contributed by atoms with Crippen molar-refractivity contribution in [2.75, 3.05) is 0 Å². The first-order chi connectivity index (χ1) is 5.65. The smallest absolute Gasteiger partial charge is 0.113 e. The van der Waals surface area contributed by atoms with Crippen LogP contribution in [0.4, 0.5) is 0 Å². The van der Waals surface area contributed by atoms with Crippen molar-refractivity contribution in [1.82, 2.24) is 9.97 Å². The van der Waals surface area contributed by atoms with Gasteiger partial charge in [0.05, 0.1) is 22.8 Å². The number of aromatic nitrogens is 2. The van der Waals surface area contributed by atoms with E-state index in [1.807, 2.05) is 27.6 Å². The van der Waals surface area contributed by atoms with Crippen LogP contribution in [0.5, 0.6) is 0 Å². The molecule has 0 aliphatic heterocycles. The SMILES string of the molecule is C[B]Cc1nc(C)c(C)nc1C. The van der Waals surface area contributed by atoms with E-state index in [1.165, 1.54) is 0 Å². The lowest BCUT2D eigenvalue weighted by Gasteiger charge is -2.05. The van der Waals surface area contributed by atoms with E-state index >= 15 is 0 Å². The van der Waals surface area contributed by atoms with E-state index in [2.05, 4.69) is 17.2 Å². The van der Waals surface area contributed by atoms with Crippen LogP contribution in [-0.2, 0) is 6.32 Å². The number of aryl methyl sites for hydroxylation is 3. The topological polar surface area (TPSA) is 25.8 Å². The molecule has 3 heteroatoms. The zero-order valence-corrected chi connectivity index (χ0v) is 8.18. The molecule has 1 rings (SSSR count). The van der Waals surface area contributed by atoms with E-state index in [0.29, 0.717) is 0 Å². The van der Waals surface area contributed by atoms with Crippen molar-refractivity contribution in [2.45, 2.75) is 33.9 Å². The number of hydrogen-bond acceptors (Lipinski definition) is 2. The van der Waals surface area contributed by atoms with E-state index in [0.717, 1.165) is 29.1 Å². The lowest BCUT2D eigenvalue weighted by molar-refractivity contribution is 0.946. The van der Waals surface area contributed by atoms with Crippen LogP contribution < -0.4 is 0 Å². The molecule has 0 saturated carbocycles. The molecule has 0 spiro atoms. The summed E-state index contributed by atoms with van der Waals surface area (Å²) in [5.41, 5.74) is 4.22. The second kappa shape index (κ2) is 3.70. The molecule has 12 heavy (non-hydrogen) atoms. The summed E-state index contributed by atoms with van der Waals surface area (Å²) >= 11 is 0. The minimum absolute atomic E-state index is 0.917. The third-order valence-electron chi connectivity index (χ3n) is 1.98. The Bertz CT molecular complexity index is 284. The van der Waals surface area contributed by atoms with Gasteiger partial charge in [-0.2, -0.15) is 0 Å². The molecule has 0 aliphatic rings. The van der Waals surface area contributed by atoms with Crippen molar-refractivity contribution < 1.29 is 0 Å². The number of rotatable bonds is 2. The van der Waals surface area contributed by atoms with Gasteiger partial charge >= 0.3 is 0 Å². The van der Waals surface area contributed by atoms with E-state index in [4.69, 9.17) is 0 Å². The average molecular weight is 161 g/mol. The van der Waals surface area contributed by atoms with Crippen LogP contribution in [0.2, 0.25) is 6.82 Å². The fourth-order valence-corrected chi connectivity index (χ4v) is 1.15. The molecule has 0 aliphatic carbocycles. The zero-order valence-electron chi connectivity index (χ0n) is 8.18. The van der Waals surface area contributed by atoms with Crippen LogP contribution in [0.1, 0.15) is 22.8 Å². The third kappa shape index (κ3) is 1.84. The van der Waals surface area contributed by atoms with Gasteiger partial charge in [-0.05, 0) is 27.1 Å². The van der Waals surface area contributed by atoms with Crippen LogP contribution in [0, 0.1) is 20.8 Å². The van der Waals surface area contributed by atoms with Crippen LogP contribution in [0.25, 0.3) is 0 Å². The molecule has 2 nitrogen and oxygen atoms in total. The average Bonchev–Trinajstić information content (AvgIpc) is 2.01. The van der Waals surface area contributed by atoms with Crippen molar-refractivity contribution in [3.8, 4) is 0 Å². The van der Waals surface area contributed by atoms with Gasteiger partial charge in [-0.15, -0.1) is 0 Å². The summed E-state index contributed by atoms with van der Waals surface area (Å²) in [6.07, 6.45) is 0.917. The molecule has 1 aromatic heterocycles. The Kier molecular flexibility index (Phi) is 2.85. The summed E-state index contributed by atoms with van der Waals surface area (Å²) in [6.45, 7) is 8.05. The highest BCUT2D eigenvalue weighted by molar-refractivity contribution is 6.32. The summed E-state index contributed by atoms with van der Waals surface area (Å²) in [5.74, 6) is 0. The predicted molar refractivity (Wildman–Crippen MR) is 51.6 cm³/mol. The highest BCUT2D eigenvalue weighted by Gasteiger charge is 2.03.